The Labute approximate surface area is 113 Å². The van der Waals surface area contributed by atoms with Gasteiger partial charge in [-0.05, 0) is 44.5 Å². The zero-order valence-electron chi connectivity index (χ0n) is 11.4. The van der Waals surface area contributed by atoms with Crippen molar-refractivity contribution in [3.05, 3.63) is 24.0 Å². The zero-order chi connectivity index (χ0) is 13.1. The van der Waals surface area contributed by atoms with Crippen molar-refractivity contribution < 1.29 is 4.74 Å². The molecule has 4 heteroatoms. The first-order valence-corrected chi connectivity index (χ1v) is 7.20. The molecule has 0 amide bonds. The number of nitrogens with zero attached hydrogens (tertiary/aromatic N) is 1. The summed E-state index contributed by atoms with van der Waals surface area (Å²) in [5, 5.41) is 3.39. The molecule has 1 fully saturated rings. The summed E-state index contributed by atoms with van der Waals surface area (Å²) in [6.45, 7) is 5.06. The van der Waals surface area contributed by atoms with E-state index >= 15 is 0 Å². The minimum Gasteiger partial charge on any atom is -0.494 e. The number of aromatic amines is 1. The molecule has 2 heterocycles. The highest BCUT2D eigenvalue weighted by Crippen LogP contribution is 2.26. The van der Waals surface area contributed by atoms with Crippen molar-refractivity contribution in [2.75, 3.05) is 19.7 Å². The molecule has 4 nitrogen and oxygen atoms in total. The van der Waals surface area contributed by atoms with Gasteiger partial charge in [-0.2, -0.15) is 0 Å². The van der Waals surface area contributed by atoms with E-state index in [4.69, 9.17) is 9.72 Å². The fraction of sp³-hybridized carbons (Fsp3) is 0.533. The summed E-state index contributed by atoms with van der Waals surface area (Å²) >= 11 is 0. The fourth-order valence-corrected chi connectivity index (χ4v) is 2.61. The Morgan fingerprint density at radius 1 is 1.32 bits per heavy atom. The van der Waals surface area contributed by atoms with Gasteiger partial charge in [-0.15, -0.1) is 0 Å². The number of ether oxygens (including phenoxy) is 1. The van der Waals surface area contributed by atoms with Crippen LogP contribution >= 0.6 is 0 Å². The first-order valence-electron chi connectivity index (χ1n) is 7.20. The molecule has 1 saturated heterocycles. The molecule has 0 unspecified atom stereocenters. The van der Waals surface area contributed by atoms with E-state index in [0.717, 1.165) is 48.7 Å². The summed E-state index contributed by atoms with van der Waals surface area (Å²) in [6.07, 6.45) is 3.36. The quantitative estimate of drug-likeness (QED) is 0.887. The molecule has 19 heavy (non-hydrogen) atoms. The lowest BCUT2D eigenvalue weighted by Gasteiger charge is -2.20. The molecule has 102 valence electrons. The van der Waals surface area contributed by atoms with Gasteiger partial charge in [0, 0.05) is 12.0 Å². The van der Waals surface area contributed by atoms with E-state index in [-0.39, 0.29) is 0 Å². The minimum absolute atomic E-state index is 0.564. The van der Waals surface area contributed by atoms with Crippen LogP contribution in [0.3, 0.4) is 0 Å². The Hall–Kier alpha value is -1.55. The van der Waals surface area contributed by atoms with Gasteiger partial charge in [0.1, 0.15) is 11.6 Å². The van der Waals surface area contributed by atoms with Crippen molar-refractivity contribution in [2.24, 2.45) is 0 Å². The van der Waals surface area contributed by atoms with Crippen LogP contribution in [0.5, 0.6) is 5.75 Å². The smallest absolute Gasteiger partial charge is 0.121 e. The van der Waals surface area contributed by atoms with Gasteiger partial charge in [0.15, 0.2) is 0 Å². The maximum absolute atomic E-state index is 5.66. The average Bonchev–Trinajstić information content (AvgIpc) is 2.89. The van der Waals surface area contributed by atoms with Crippen LogP contribution in [-0.4, -0.2) is 29.7 Å². The van der Waals surface area contributed by atoms with Gasteiger partial charge in [-0.1, -0.05) is 6.92 Å². The van der Waals surface area contributed by atoms with E-state index in [2.05, 4.69) is 23.3 Å². The summed E-state index contributed by atoms with van der Waals surface area (Å²) in [5.74, 6) is 2.62. The molecule has 0 radical (unpaired) electrons. The van der Waals surface area contributed by atoms with Crippen molar-refractivity contribution in [1.82, 2.24) is 15.3 Å². The maximum Gasteiger partial charge on any atom is 0.121 e. The second-order valence-corrected chi connectivity index (χ2v) is 5.17. The predicted octanol–water partition coefficient (Wildman–Crippen LogP) is 2.82. The predicted molar refractivity (Wildman–Crippen MR) is 76.7 cm³/mol. The molecule has 2 N–H and O–H groups in total. The summed E-state index contributed by atoms with van der Waals surface area (Å²) in [7, 11) is 0. The van der Waals surface area contributed by atoms with Crippen LogP contribution in [0.4, 0.5) is 0 Å². The standard InChI is InChI=1S/C15H21N3O/c1-2-9-19-12-3-4-13-14(10-12)18-15(17-13)11-5-7-16-8-6-11/h3-4,10-11,16H,2,5-9H2,1H3,(H,17,18). The van der Waals surface area contributed by atoms with E-state index in [0.29, 0.717) is 5.92 Å². The largest absolute Gasteiger partial charge is 0.494 e. The molecule has 1 aromatic heterocycles. The van der Waals surface area contributed by atoms with E-state index in [1.54, 1.807) is 0 Å². The number of nitrogens with one attached hydrogen (secondary N) is 2. The first-order chi connectivity index (χ1) is 9.36. The Bertz CT molecular complexity index is 543. The molecular formula is C15H21N3O. The van der Waals surface area contributed by atoms with Gasteiger partial charge < -0.3 is 15.0 Å². The fourth-order valence-electron chi connectivity index (χ4n) is 2.61. The van der Waals surface area contributed by atoms with Gasteiger partial charge in [0.05, 0.1) is 17.6 Å². The van der Waals surface area contributed by atoms with Crippen LogP contribution in [0.1, 0.15) is 37.9 Å². The lowest BCUT2D eigenvalue weighted by molar-refractivity contribution is 0.318. The normalized spacial score (nSPS) is 16.9. The third-order valence-corrected chi connectivity index (χ3v) is 3.67. The summed E-state index contributed by atoms with van der Waals surface area (Å²) in [5.41, 5.74) is 2.12. The lowest BCUT2D eigenvalue weighted by Crippen LogP contribution is -2.27. The number of hydrogen-bond donors (Lipinski definition) is 2. The van der Waals surface area contributed by atoms with E-state index in [1.165, 1.54) is 12.8 Å². The van der Waals surface area contributed by atoms with Crippen LogP contribution in [0.2, 0.25) is 0 Å². The lowest BCUT2D eigenvalue weighted by atomic mass is 9.98. The van der Waals surface area contributed by atoms with Crippen molar-refractivity contribution in [1.29, 1.82) is 0 Å². The number of aromatic nitrogens is 2. The second-order valence-electron chi connectivity index (χ2n) is 5.17. The molecule has 1 aliphatic heterocycles. The van der Waals surface area contributed by atoms with Crippen molar-refractivity contribution in [2.45, 2.75) is 32.1 Å². The minimum atomic E-state index is 0.564. The Balaban J connectivity index is 1.83. The average molecular weight is 259 g/mol. The molecule has 0 saturated carbocycles. The van der Waals surface area contributed by atoms with E-state index < -0.39 is 0 Å². The summed E-state index contributed by atoms with van der Waals surface area (Å²) in [4.78, 5) is 8.18. The number of piperidine rings is 1. The highest BCUT2D eigenvalue weighted by molar-refractivity contribution is 5.76. The van der Waals surface area contributed by atoms with Gasteiger partial charge in [-0.3, -0.25) is 0 Å². The molecule has 3 rings (SSSR count). The van der Waals surface area contributed by atoms with Crippen LogP contribution < -0.4 is 10.1 Å². The zero-order valence-corrected chi connectivity index (χ0v) is 11.4. The van der Waals surface area contributed by atoms with Gasteiger partial charge >= 0.3 is 0 Å². The van der Waals surface area contributed by atoms with Gasteiger partial charge in [0.25, 0.3) is 0 Å². The molecule has 0 atom stereocenters. The molecule has 1 aromatic carbocycles. The van der Waals surface area contributed by atoms with Crippen molar-refractivity contribution in [3.8, 4) is 5.75 Å². The molecule has 0 aliphatic carbocycles. The van der Waals surface area contributed by atoms with Crippen LogP contribution in [0.15, 0.2) is 18.2 Å². The summed E-state index contributed by atoms with van der Waals surface area (Å²) < 4.78 is 5.66. The number of H-pyrrole nitrogens is 1. The van der Waals surface area contributed by atoms with Crippen molar-refractivity contribution >= 4 is 11.0 Å². The number of hydrogen-bond acceptors (Lipinski definition) is 3. The maximum atomic E-state index is 5.66. The van der Waals surface area contributed by atoms with Crippen LogP contribution in [-0.2, 0) is 0 Å². The monoisotopic (exact) mass is 259 g/mol. The third kappa shape index (κ3) is 2.73. The van der Waals surface area contributed by atoms with E-state index in [1.807, 2.05) is 12.1 Å². The van der Waals surface area contributed by atoms with Gasteiger partial charge in [0.2, 0.25) is 0 Å². The SMILES string of the molecule is CCCOc1ccc2nc(C3CCNCC3)[nH]c2c1. The number of imidazole rings is 1. The number of rotatable bonds is 4. The molecular weight excluding hydrogens is 238 g/mol. The number of fused-ring (bicyclic) bond motifs is 1. The van der Waals surface area contributed by atoms with Crippen LogP contribution in [0, 0.1) is 0 Å². The van der Waals surface area contributed by atoms with Crippen molar-refractivity contribution in [3.63, 3.8) is 0 Å². The summed E-state index contributed by atoms with van der Waals surface area (Å²) in [6, 6.07) is 6.11. The second kappa shape index (κ2) is 5.61. The first kappa shape index (κ1) is 12.5. The topological polar surface area (TPSA) is 49.9 Å². The van der Waals surface area contributed by atoms with Crippen LogP contribution in [0.25, 0.3) is 11.0 Å². The Kier molecular flexibility index (Phi) is 3.69. The third-order valence-electron chi connectivity index (χ3n) is 3.67. The molecule has 0 spiro atoms. The molecule has 0 bridgehead atoms. The van der Waals surface area contributed by atoms with E-state index in [9.17, 15) is 0 Å². The Morgan fingerprint density at radius 2 is 2.16 bits per heavy atom. The number of benzene rings is 1. The highest BCUT2D eigenvalue weighted by Gasteiger charge is 2.18. The Morgan fingerprint density at radius 3 is 2.95 bits per heavy atom. The molecule has 2 aromatic rings. The highest BCUT2D eigenvalue weighted by atomic mass is 16.5. The van der Waals surface area contributed by atoms with Gasteiger partial charge in [-0.25, -0.2) is 4.98 Å². The molecule has 1 aliphatic rings.